The van der Waals surface area contributed by atoms with Gasteiger partial charge in [0, 0.05) is 11.4 Å². The number of rotatable bonds is 5. The highest BCUT2D eigenvalue weighted by Crippen LogP contribution is 2.10. The fraction of sp³-hybridized carbons (Fsp3) is 0.353. The summed E-state index contributed by atoms with van der Waals surface area (Å²) in [4.78, 5) is 24.0. The van der Waals surface area contributed by atoms with Crippen molar-refractivity contribution in [3.63, 3.8) is 0 Å². The highest BCUT2D eigenvalue weighted by atomic mass is 16.5. The van der Waals surface area contributed by atoms with Crippen LogP contribution >= 0.6 is 0 Å². The molecule has 1 heterocycles. The average molecular weight is 315 g/mol. The molecule has 0 spiro atoms. The van der Waals surface area contributed by atoms with Crippen LogP contribution in [0.3, 0.4) is 0 Å². The lowest BCUT2D eigenvalue weighted by Crippen LogP contribution is -2.31. The molecule has 2 aromatic rings. The molecule has 0 bridgehead atoms. The second-order valence-corrected chi connectivity index (χ2v) is 5.57. The first-order valence-electron chi connectivity index (χ1n) is 7.43. The molecule has 6 nitrogen and oxygen atoms in total. The highest BCUT2D eigenvalue weighted by molar-refractivity contribution is 5.95. The molecule has 0 aliphatic heterocycles. The topological polar surface area (TPSA) is 73.2 Å². The molecule has 2 rings (SSSR count). The van der Waals surface area contributed by atoms with Crippen molar-refractivity contribution in [1.29, 1.82) is 0 Å². The second kappa shape index (κ2) is 7.09. The molecule has 1 atom stereocenters. The van der Waals surface area contributed by atoms with E-state index in [1.165, 1.54) is 0 Å². The van der Waals surface area contributed by atoms with Gasteiger partial charge in [0.15, 0.2) is 6.10 Å². The van der Waals surface area contributed by atoms with Gasteiger partial charge in [-0.1, -0.05) is 17.7 Å². The molecule has 0 saturated heterocycles. The smallest absolute Gasteiger partial charge is 0.328 e. The van der Waals surface area contributed by atoms with Crippen molar-refractivity contribution in [3.8, 4) is 0 Å². The van der Waals surface area contributed by atoms with E-state index in [0.717, 1.165) is 17.0 Å². The van der Waals surface area contributed by atoms with E-state index in [1.54, 1.807) is 23.7 Å². The SMILES string of the molecule is Cc1ccc(NC(=O)[C@H](C)OC(=O)Cn2nc(C)cc2C)cc1. The standard InChI is InChI=1S/C17H21N3O3/c1-11-5-7-15(8-6-11)18-17(22)14(4)23-16(21)10-20-13(3)9-12(2)19-20/h5-9,14H,10H2,1-4H3,(H,18,22)/t14-/m0/s1. The minimum absolute atomic E-state index is 0.0121. The summed E-state index contributed by atoms with van der Waals surface area (Å²) in [5.74, 6) is -0.863. The third-order valence-corrected chi connectivity index (χ3v) is 3.38. The van der Waals surface area contributed by atoms with Gasteiger partial charge >= 0.3 is 5.97 Å². The second-order valence-electron chi connectivity index (χ2n) is 5.57. The summed E-state index contributed by atoms with van der Waals surface area (Å²) in [5.41, 5.74) is 3.48. The van der Waals surface area contributed by atoms with Crippen LogP contribution in [0.1, 0.15) is 23.9 Å². The van der Waals surface area contributed by atoms with Gasteiger partial charge in [0.05, 0.1) is 5.69 Å². The Morgan fingerprint density at radius 1 is 1.22 bits per heavy atom. The fourth-order valence-electron chi connectivity index (χ4n) is 2.13. The van der Waals surface area contributed by atoms with Gasteiger partial charge in [0.1, 0.15) is 6.54 Å². The maximum Gasteiger partial charge on any atom is 0.328 e. The van der Waals surface area contributed by atoms with Crippen molar-refractivity contribution < 1.29 is 14.3 Å². The van der Waals surface area contributed by atoms with Crippen molar-refractivity contribution in [1.82, 2.24) is 9.78 Å². The first-order chi connectivity index (χ1) is 10.8. The number of carbonyl (C=O) groups is 2. The van der Waals surface area contributed by atoms with E-state index < -0.39 is 12.1 Å². The number of anilines is 1. The summed E-state index contributed by atoms with van der Waals surface area (Å²) < 4.78 is 6.72. The van der Waals surface area contributed by atoms with Crippen LogP contribution in [0.15, 0.2) is 30.3 Å². The molecular weight excluding hydrogens is 294 g/mol. The molecule has 0 radical (unpaired) electrons. The monoisotopic (exact) mass is 315 g/mol. The Bertz CT molecular complexity index is 704. The van der Waals surface area contributed by atoms with Gasteiger partial charge in [0.25, 0.3) is 5.91 Å². The lowest BCUT2D eigenvalue weighted by atomic mass is 10.2. The molecule has 1 amide bonds. The number of carbonyl (C=O) groups excluding carboxylic acids is 2. The van der Waals surface area contributed by atoms with Crippen LogP contribution in [0.2, 0.25) is 0 Å². The number of nitrogens with zero attached hydrogens (tertiary/aromatic N) is 2. The number of ether oxygens (including phenoxy) is 1. The number of esters is 1. The Hall–Kier alpha value is -2.63. The minimum atomic E-state index is -0.874. The zero-order valence-electron chi connectivity index (χ0n) is 13.8. The van der Waals surface area contributed by atoms with Gasteiger partial charge in [-0.05, 0) is 45.9 Å². The molecule has 0 aliphatic rings. The van der Waals surface area contributed by atoms with Crippen molar-refractivity contribution in [2.24, 2.45) is 0 Å². The van der Waals surface area contributed by atoms with E-state index in [1.807, 2.05) is 39.0 Å². The van der Waals surface area contributed by atoms with Crippen LogP contribution in [0, 0.1) is 20.8 Å². The molecule has 1 N–H and O–H groups in total. The summed E-state index contributed by atoms with van der Waals surface area (Å²) in [7, 11) is 0. The predicted octanol–water partition coefficient (Wildman–Crippen LogP) is 2.38. The molecule has 1 aromatic heterocycles. The van der Waals surface area contributed by atoms with E-state index in [0.29, 0.717) is 5.69 Å². The Kier molecular flexibility index (Phi) is 5.16. The maximum absolute atomic E-state index is 12.0. The number of nitrogens with one attached hydrogen (secondary N) is 1. The van der Waals surface area contributed by atoms with Gasteiger partial charge in [-0.3, -0.25) is 14.3 Å². The van der Waals surface area contributed by atoms with E-state index in [9.17, 15) is 9.59 Å². The van der Waals surface area contributed by atoms with E-state index >= 15 is 0 Å². The van der Waals surface area contributed by atoms with Gasteiger partial charge in [0.2, 0.25) is 0 Å². The third kappa shape index (κ3) is 4.67. The molecule has 0 unspecified atom stereocenters. The number of hydrogen-bond donors (Lipinski definition) is 1. The fourth-order valence-corrected chi connectivity index (χ4v) is 2.13. The van der Waals surface area contributed by atoms with Gasteiger partial charge in [-0.15, -0.1) is 0 Å². The van der Waals surface area contributed by atoms with Crippen LogP contribution in [0.25, 0.3) is 0 Å². The van der Waals surface area contributed by atoms with Crippen molar-refractivity contribution in [2.45, 2.75) is 40.3 Å². The number of hydrogen-bond acceptors (Lipinski definition) is 4. The van der Waals surface area contributed by atoms with Gasteiger partial charge in [-0.2, -0.15) is 5.10 Å². The summed E-state index contributed by atoms with van der Waals surface area (Å²) in [6, 6.07) is 9.28. The first kappa shape index (κ1) is 16.7. The lowest BCUT2D eigenvalue weighted by Gasteiger charge is -2.14. The van der Waals surface area contributed by atoms with Crippen molar-refractivity contribution in [3.05, 3.63) is 47.3 Å². The molecule has 23 heavy (non-hydrogen) atoms. The largest absolute Gasteiger partial charge is 0.451 e. The maximum atomic E-state index is 12.0. The minimum Gasteiger partial charge on any atom is -0.451 e. The van der Waals surface area contributed by atoms with E-state index in [2.05, 4.69) is 10.4 Å². The highest BCUT2D eigenvalue weighted by Gasteiger charge is 2.18. The van der Waals surface area contributed by atoms with Crippen LogP contribution in [-0.4, -0.2) is 27.8 Å². The Balaban J connectivity index is 1.88. The zero-order valence-corrected chi connectivity index (χ0v) is 13.8. The quantitative estimate of drug-likeness (QED) is 0.860. The number of amides is 1. The van der Waals surface area contributed by atoms with Crippen molar-refractivity contribution >= 4 is 17.6 Å². The molecule has 0 fully saturated rings. The average Bonchev–Trinajstić information content (AvgIpc) is 2.79. The number of aromatic nitrogens is 2. The van der Waals surface area contributed by atoms with Crippen LogP contribution < -0.4 is 5.32 Å². The molecule has 1 aromatic carbocycles. The Labute approximate surface area is 135 Å². The summed E-state index contributed by atoms with van der Waals surface area (Å²) in [6.45, 7) is 7.22. The normalized spacial score (nSPS) is 11.8. The number of benzene rings is 1. The van der Waals surface area contributed by atoms with Crippen molar-refractivity contribution in [2.75, 3.05) is 5.32 Å². The molecular formula is C17H21N3O3. The number of aryl methyl sites for hydroxylation is 3. The molecule has 6 heteroatoms. The third-order valence-electron chi connectivity index (χ3n) is 3.38. The predicted molar refractivity (Wildman–Crippen MR) is 87.1 cm³/mol. The van der Waals surface area contributed by atoms with E-state index in [-0.39, 0.29) is 12.5 Å². The van der Waals surface area contributed by atoms with Crippen LogP contribution in [-0.2, 0) is 20.9 Å². The van der Waals surface area contributed by atoms with Crippen LogP contribution in [0.5, 0.6) is 0 Å². The van der Waals surface area contributed by atoms with Gasteiger partial charge in [-0.25, -0.2) is 0 Å². The first-order valence-corrected chi connectivity index (χ1v) is 7.43. The molecule has 0 saturated carbocycles. The Morgan fingerprint density at radius 2 is 1.87 bits per heavy atom. The molecule has 122 valence electrons. The summed E-state index contributed by atoms with van der Waals surface area (Å²) >= 11 is 0. The lowest BCUT2D eigenvalue weighted by molar-refractivity contribution is -0.154. The van der Waals surface area contributed by atoms with Crippen LogP contribution in [0.4, 0.5) is 5.69 Å². The molecule has 0 aliphatic carbocycles. The summed E-state index contributed by atoms with van der Waals surface area (Å²) in [5, 5.41) is 6.91. The van der Waals surface area contributed by atoms with E-state index in [4.69, 9.17) is 4.74 Å². The zero-order chi connectivity index (χ0) is 17.0. The van der Waals surface area contributed by atoms with Gasteiger partial charge < -0.3 is 10.1 Å². The summed E-state index contributed by atoms with van der Waals surface area (Å²) in [6.07, 6.45) is -0.874. The Morgan fingerprint density at radius 3 is 2.43 bits per heavy atom.